The Labute approximate surface area is 200 Å². The first-order valence-corrected chi connectivity index (χ1v) is 12.1. The van der Waals surface area contributed by atoms with Crippen molar-refractivity contribution in [3.05, 3.63) is 59.7 Å². The van der Waals surface area contributed by atoms with Crippen LogP contribution in [0.1, 0.15) is 55.6 Å². The van der Waals surface area contributed by atoms with Crippen LogP contribution in [-0.2, 0) is 23.9 Å². The van der Waals surface area contributed by atoms with Gasteiger partial charge in [0.1, 0.15) is 6.61 Å². The Bertz CT molecular complexity index is 931. The van der Waals surface area contributed by atoms with Gasteiger partial charge < -0.3 is 15.2 Å². The second-order valence-electron chi connectivity index (χ2n) is 8.16. The number of carbonyl (C=O) groups is 3. The Morgan fingerprint density at radius 2 is 1.45 bits per heavy atom. The number of Topliss-reactive ketones (excluding diaryl/α,β-unsaturated/α-hetero) is 1. The molecule has 2 N–H and O–H groups in total. The van der Waals surface area contributed by atoms with Gasteiger partial charge in [0.05, 0.1) is 13.0 Å². The van der Waals surface area contributed by atoms with E-state index in [2.05, 4.69) is 12.6 Å². The van der Waals surface area contributed by atoms with Gasteiger partial charge in [0.2, 0.25) is 0 Å². The highest BCUT2D eigenvalue weighted by atomic mass is 32.1. The number of benzene rings is 2. The largest absolute Gasteiger partial charge is 0.466 e. The van der Waals surface area contributed by atoms with Crippen LogP contribution in [0.2, 0.25) is 0 Å². The van der Waals surface area contributed by atoms with Crippen LogP contribution in [0.5, 0.6) is 0 Å². The fraction of sp³-hybridized carbons (Fsp3) is 0.423. The smallest absolute Gasteiger partial charge is 0.330 e. The van der Waals surface area contributed by atoms with Crippen molar-refractivity contribution in [1.29, 1.82) is 0 Å². The minimum Gasteiger partial charge on any atom is -0.466 e. The van der Waals surface area contributed by atoms with Gasteiger partial charge in [0, 0.05) is 12.3 Å². The van der Waals surface area contributed by atoms with Gasteiger partial charge in [0.25, 0.3) is 0 Å². The minimum absolute atomic E-state index is 0.0974. The molecular formula is C26H31NO5S. The summed E-state index contributed by atoms with van der Waals surface area (Å²) in [5.41, 5.74) is 10.2. The second-order valence-corrected chi connectivity index (χ2v) is 8.61. The third-order valence-electron chi connectivity index (χ3n) is 5.85. The molecule has 0 radical (unpaired) electrons. The third kappa shape index (κ3) is 6.68. The van der Waals surface area contributed by atoms with E-state index in [1.807, 2.05) is 48.5 Å². The van der Waals surface area contributed by atoms with Crippen molar-refractivity contribution in [3.8, 4) is 11.1 Å². The molecule has 2 aromatic carbocycles. The Morgan fingerprint density at radius 1 is 0.848 bits per heavy atom. The molecule has 6 nitrogen and oxygen atoms in total. The summed E-state index contributed by atoms with van der Waals surface area (Å²) in [5.74, 6) is -1.02. The highest BCUT2D eigenvalue weighted by Crippen LogP contribution is 2.44. The van der Waals surface area contributed by atoms with E-state index in [9.17, 15) is 14.4 Å². The van der Waals surface area contributed by atoms with E-state index < -0.39 is 23.8 Å². The number of rotatable bonds is 13. The van der Waals surface area contributed by atoms with Crippen LogP contribution < -0.4 is 5.73 Å². The highest BCUT2D eigenvalue weighted by Gasteiger charge is 2.31. The van der Waals surface area contributed by atoms with Crippen molar-refractivity contribution in [2.24, 2.45) is 5.73 Å². The van der Waals surface area contributed by atoms with Crippen molar-refractivity contribution < 1.29 is 23.9 Å². The predicted octanol–water partition coefficient (Wildman–Crippen LogP) is 4.05. The van der Waals surface area contributed by atoms with Gasteiger partial charge in [-0.25, -0.2) is 4.79 Å². The molecule has 1 atom stereocenters. The lowest BCUT2D eigenvalue weighted by molar-refractivity contribution is -0.150. The van der Waals surface area contributed by atoms with Gasteiger partial charge in [-0.15, -0.1) is 0 Å². The molecule has 1 aliphatic rings. The van der Waals surface area contributed by atoms with Gasteiger partial charge in [-0.05, 0) is 40.8 Å². The normalized spacial score (nSPS) is 13.2. The first kappa shape index (κ1) is 25.0. The molecule has 3 rings (SSSR count). The number of ketones is 1. The summed E-state index contributed by atoms with van der Waals surface area (Å²) in [6, 6.07) is 14.6. The maximum atomic E-state index is 12.4. The first-order valence-electron chi connectivity index (χ1n) is 11.4. The van der Waals surface area contributed by atoms with E-state index in [1.54, 1.807) is 0 Å². The average molecular weight is 470 g/mol. The Hall–Kier alpha value is -2.64. The van der Waals surface area contributed by atoms with Crippen molar-refractivity contribution in [1.82, 2.24) is 0 Å². The summed E-state index contributed by atoms with van der Waals surface area (Å²) in [5, 5.41) is 0. The lowest BCUT2D eigenvalue weighted by atomic mass is 9.98. The van der Waals surface area contributed by atoms with Crippen LogP contribution in [0.25, 0.3) is 11.1 Å². The standard InChI is InChI=1S/C26H31NO5S/c27-25(23(28)13-14-24(29)31-15-7-1-2-8-16-33)26(30)32-17-22-20-11-5-3-9-18(20)19-10-4-6-12-21(19)22/h3-6,9-12,22,25,33H,1-2,7-8,13-17,27H2. The summed E-state index contributed by atoms with van der Waals surface area (Å²) in [7, 11) is 0. The fourth-order valence-electron chi connectivity index (χ4n) is 4.03. The topological polar surface area (TPSA) is 95.7 Å². The molecular weight excluding hydrogens is 438 g/mol. The number of hydrogen-bond donors (Lipinski definition) is 2. The molecule has 0 aliphatic heterocycles. The number of nitrogens with two attached hydrogens (primary N) is 1. The minimum atomic E-state index is -1.41. The maximum absolute atomic E-state index is 12.4. The zero-order valence-electron chi connectivity index (χ0n) is 18.7. The fourth-order valence-corrected chi connectivity index (χ4v) is 4.26. The summed E-state index contributed by atoms with van der Waals surface area (Å²) in [6.07, 6.45) is 3.60. The van der Waals surface area contributed by atoms with E-state index in [0.29, 0.717) is 6.61 Å². The van der Waals surface area contributed by atoms with Crippen molar-refractivity contribution in [3.63, 3.8) is 0 Å². The van der Waals surface area contributed by atoms with Gasteiger partial charge >= 0.3 is 11.9 Å². The number of fused-ring (bicyclic) bond motifs is 3. The molecule has 0 fully saturated rings. The monoisotopic (exact) mass is 469 g/mol. The van der Waals surface area contributed by atoms with Crippen molar-refractivity contribution in [2.75, 3.05) is 19.0 Å². The predicted molar refractivity (Wildman–Crippen MR) is 130 cm³/mol. The number of carbonyl (C=O) groups excluding carboxylic acids is 3. The molecule has 1 aliphatic carbocycles. The summed E-state index contributed by atoms with van der Waals surface area (Å²) >= 11 is 4.15. The van der Waals surface area contributed by atoms with E-state index in [1.165, 1.54) is 0 Å². The van der Waals surface area contributed by atoms with Crippen LogP contribution in [0.4, 0.5) is 0 Å². The van der Waals surface area contributed by atoms with E-state index >= 15 is 0 Å². The number of ether oxygens (including phenoxy) is 2. The maximum Gasteiger partial charge on any atom is 0.330 e. The Kier molecular flexibility index (Phi) is 9.51. The molecule has 7 heteroatoms. The second kappa shape index (κ2) is 12.6. The summed E-state index contributed by atoms with van der Waals surface area (Å²) in [4.78, 5) is 36.5. The molecule has 0 spiro atoms. The van der Waals surface area contributed by atoms with Crippen molar-refractivity contribution in [2.45, 2.75) is 50.5 Å². The third-order valence-corrected chi connectivity index (χ3v) is 6.16. The van der Waals surface area contributed by atoms with Gasteiger partial charge in [-0.2, -0.15) is 12.6 Å². The zero-order chi connectivity index (χ0) is 23.6. The molecule has 1 unspecified atom stereocenters. The zero-order valence-corrected chi connectivity index (χ0v) is 19.6. The summed E-state index contributed by atoms with van der Waals surface area (Å²) < 4.78 is 10.6. The molecule has 0 aromatic heterocycles. The number of thiol groups is 1. The molecule has 33 heavy (non-hydrogen) atoms. The lowest BCUT2D eigenvalue weighted by Gasteiger charge is -2.16. The molecule has 176 valence electrons. The van der Waals surface area contributed by atoms with E-state index in [-0.39, 0.29) is 25.4 Å². The van der Waals surface area contributed by atoms with Crippen LogP contribution in [-0.4, -0.2) is 42.7 Å². The Morgan fingerprint density at radius 3 is 2.09 bits per heavy atom. The highest BCUT2D eigenvalue weighted by molar-refractivity contribution is 7.80. The number of unbranched alkanes of at least 4 members (excludes halogenated alkanes) is 3. The average Bonchev–Trinajstić information content (AvgIpc) is 3.16. The molecule has 2 aromatic rings. The Balaban J connectivity index is 1.43. The van der Waals surface area contributed by atoms with E-state index in [0.717, 1.165) is 53.7 Å². The molecule has 0 saturated heterocycles. The number of esters is 2. The van der Waals surface area contributed by atoms with Gasteiger partial charge in [0.15, 0.2) is 11.8 Å². The molecule has 0 heterocycles. The lowest BCUT2D eigenvalue weighted by Crippen LogP contribution is -2.40. The van der Waals surface area contributed by atoms with Crippen LogP contribution in [0.15, 0.2) is 48.5 Å². The number of hydrogen-bond acceptors (Lipinski definition) is 7. The van der Waals surface area contributed by atoms with Crippen molar-refractivity contribution >= 4 is 30.4 Å². The van der Waals surface area contributed by atoms with Gasteiger partial charge in [-0.1, -0.05) is 61.4 Å². The molecule has 0 amide bonds. The van der Waals surface area contributed by atoms with Gasteiger partial charge in [-0.3, -0.25) is 9.59 Å². The quantitative estimate of drug-likeness (QED) is 0.199. The van der Waals surface area contributed by atoms with Crippen LogP contribution >= 0.6 is 12.6 Å². The molecule has 0 saturated carbocycles. The van der Waals surface area contributed by atoms with E-state index in [4.69, 9.17) is 15.2 Å². The van der Waals surface area contributed by atoms with Crippen LogP contribution in [0.3, 0.4) is 0 Å². The first-order chi connectivity index (χ1) is 16.0. The summed E-state index contributed by atoms with van der Waals surface area (Å²) in [6.45, 7) is 0.432. The SMILES string of the molecule is NC(C(=O)CCC(=O)OCCCCCCS)C(=O)OCC1c2ccccc2-c2ccccc21. The van der Waals surface area contributed by atoms with Crippen LogP contribution in [0, 0.1) is 0 Å². The molecule has 0 bridgehead atoms.